The number of nitrogens with two attached hydrogens (primary N) is 2. The van der Waals surface area contributed by atoms with E-state index in [0.717, 1.165) is 0 Å². The zero-order valence-electron chi connectivity index (χ0n) is 16.0. The van der Waals surface area contributed by atoms with Gasteiger partial charge in [0.05, 0.1) is 12.4 Å². The number of nitrogens with zero attached hydrogens (tertiary/aromatic N) is 1. The lowest BCUT2D eigenvalue weighted by atomic mass is 10.1. The summed E-state index contributed by atoms with van der Waals surface area (Å²) >= 11 is 0. The predicted octanol–water partition coefficient (Wildman–Crippen LogP) is -1.67. The molecule has 0 radical (unpaired) electrons. The average molecular weight is 412 g/mol. The number of aromatic amines is 1. The van der Waals surface area contributed by atoms with Crippen molar-refractivity contribution in [1.82, 2.24) is 20.6 Å². The van der Waals surface area contributed by atoms with Crippen LogP contribution in [0.2, 0.25) is 0 Å². The van der Waals surface area contributed by atoms with Crippen molar-refractivity contribution in [3.8, 4) is 0 Å². The van der Waals surface area contributed by atoms with Crippen LogP contribution in [0.25, 0.3) is 0 Å². The SMILES string of the molecule is NCCCC[C@H](NC(=O)[C@H](CCC(=O)O)NC(=O)[C@@H](N)Cc1cnc[nH]1)C(=O)O. The van der Waals surface area contributed by atoms with Crippen molar-refractivity contribution >= 4 is 23.8 Å². The van der Waals surface area contributed by atoms with Crippen molar-refractivity contribution < 1.29 is 29.4 Å². The van der Waals surface area contributed by atoms with E-state index < -0.39 is 41.9 Å². The second-order valence-corrected chi connectivity index (χ2v) is 6.56. The van der Waals surface area contributed by atoms with Crippen molar-refractivity contribution in [3.05, 3.63) is 18.2 Å². The molecule has 0 saturated carbocycles. The highest BCUT2D eigenvalue weighted by atomic mass is 16.4. The molecule has 1 heterocycles. The Kier molecular flexibility index (Phi) is 10.3. The van der Waals surface area contributed by atoms with Crippen LogP contribution in [0.1, 0.15) is 37.8 Å². The summed E-state index contributed by atoms with van der Waals surface area (Å²) in [7, 11) is 0. The predicted molar refractivity (Wildman–Crippen MR) is 102 cm³/mol. The highest BCUT2D eigenvalue weighted by molar-refractivity contribution is 5.92. The molecule has 0 aromatic carbocycles. The van der Waals surface area contributed by atoms with Crippen molar-refractivity contribution in [2.24, 2.45) is 11.5 Å². The van der Waals surface area contributed by atoms with Crippen LogP contribution in [0.3, 0.4) is 0 Å². The number of carboxylic acids is 2. The Morgan fingerprint density at radius 2 is 1.76 bits per heavy atom. The molecule has 3 atom stereocenters. The number of aliphatic carboxylic acids is 2. The van der Waals surface area contributed by atoms with Gasteiger partial charge in [0, 0.05) is 24.7 Å². The van der Waals surface area contributed by atoms with Crippen LogP contribution in [-0.2, 0) is 25.6 Å². The summed E-state index contributed by atoms with van der Waals surface area (Å²) < 4.78 is 0. The van der Waals surface area contributed by atoms with E-state index >= 15 is 0 Å². The van der Waals surface area contributed by atoms with E-state index in [-0.39, 0.29) is 25.7 Å². The highest BCUT2D eigenvalue weighted by Gasteiger charge is 2.28. The number of unbranched alkanes of at least 4 members (excludes halogenated alkanes) is 1. The molecule has 0 spiro atoms. The second-order valence-electron chi connectivity index (χ2n) is 6.56. The monoisotopic (exact) mass is 412 g/mol. The van der Waals surface area contributed by atoms with E-state index in [2.05, 4.69) is 20.6 Å². The van der Waals surface area contributed by atoms with Crippen LogP contribution in [0.4, 0.5) is 0 Å². The Hall–Kier alpha value is -2.99. The number of imidazole rings is 1. The molecule has 12 heteroatoms. The summed E-state index contributed by atoms with van der Waals surface area (Å²) in [6.45, 7) is 0.395. The van der Waals surface area contributed by atoms with E-state index in [4.69, 9.17) is 16.6 Å². The molecule has 0 aliphatic rings. The van der Waals surface area contributed by atoms with Crippen LogP contribution < -0.4 is 22.1 Å². The fraction of sp³-hybridized carbons (Fsp3) is 0.588. The van der Waals surface area contributed by atoms with Gasteiger partial charge in [-0.05, 0) is 32.2 Å². The topological polar surface area (TPSA) is 214 Å². The number of aromatic nitrogens is 2. The summed E-state index contributed by atoms with van der Waals surface area (Å²) in [6, 6.07) is -3.41. The molecule has 29 heavy (non-hydrogen) atoms. The van der Waals surface area contributed by atoms with Gasteiger partial charge < -0.3 is 37.3 Å². The molecule has 12 nitrogen and oxygen atoms in total. The zero-order chi connectivity index (χ0) is 21.8. The molecule has 2 amide bonds. The Labute approximate surface area is 167 Å². The molecule has 0 aliphatic heterocycles. The van der Waals surface area contributed by atoms with Gasteiger partial charge >= 0.3 is 11.9 Å². The maximum atomic E-state index is 12.5. The van der Waals surface area contributed by atoms with Crippen molar-refractivity contribution in [2.45, 2.75) is 56.7 Å². The molecule has 0 fully saturated rings. The minimum absolute atomic E-state index is 0.135. The molecule has 0 bridgehead atoms. The number of amides is 2. The first-order valence-corrected chi connectivity index (χ1v) is 9.22. The summed E-state index contributed by atoms with van der Waals surface area (Å²) in [4.78, 5) is 53.7. The molecular weight excluding hydrogens is 384 g/mol. The van der Waals surface area contributed by atoms with Crippen LogP contribution >= 0.6 is 0 Å². The normalized spacial score (nSPS) is 13.9. The quantitative estimate of drug-likeness (QED) is 0.174. The number of nitrogens with one attached hydrogen (secondary N) is 3. The van der Waals surface area contributed by atoms with Gasteiger partial charge in [-0.1, -0.05) is 0 Å². The average Bonchev–Trinajstić information content (AvgIpc) is 3.16. The number of carbonyl (C=O) groups excluding carboxylic acids is 2. The lowest BCUT2D eigenvalue weighted by Gasteiger charge is -2.22. The third-order valence-electron chi connectivity index (χ3n) is 4.17. The van der Waals surface area contributed by atoms with Gasteiger partial charge in [0.25, 0.3) is 0 Å². The smallest absolute Gasteiger partial charge is 0.326 e. The van der Waals surface area contributed by atoms with Crippen LogP contribution in [0.5, 0.6) is 0 Å². The number of rotatable bonds is 14. The summed E-state index contributed by atoms with van der Waals surface area (Å²) in [5, 5.41) is 22.9. The van der Waals surface area contributed by atoms with Crippen LogP contribution in [0, 0.1) is 0 Å². The van der Waals surface area contributed by atoms with Gasteiger partial charge in [-0.15, -0.1) is 0 Å². The first kappa shape index (κ1) is 24.0. The molecule has 1 aromatic heterocycles. The van der Waals surface area contributed by atoms with E-state index in [1.165, 1.54) is 12.5 Å². The number of carboxylic acid groups (broad SMARTS) is 2. The first-order valence-electron chi connectivity index (χ1n) is 9.22. The van der Waals surface area contributed by atoms with Gasteiger partial charge in [-0.25, -0.2) is 9.78 Å². The first-order chi connectivity index (χ1) is 13.7. The third kappa shape index (κ3) is 9.17. The van der Waals surface area contributed by atoms with E-state index in [1.54, 1.807) is 0 Å². The second kappa shape index (κ2) is 12.5. The number of hydrogen-bond donors (Lipinski definition) is 7. The molecule has 0 aliphatic carbocycles. The molecule has 1 rings (SSSR count). The van der Waals surface area contributed by atoms with E-state index in [1.807, 2.05) is 0 Å². The molecule has 1 aromatic rings. The van der Waals surface area contributed by atoms with Crippen molar-refractivity contribution in [2.75, 3.05) is 6.54 Å². The minimum atomic E-state index is -1.23. The summed E-state index contributed by atoms with van der Waals surface area (Å²) in [5.41, 5.74) is 11.8. The lowest BCUT2D eigenvalue weighted by molar-refractivity contribution is -0.143. The number of hydrogen-bond acceptors (Lipinski definition) is 7. The van der Waals surface area contributed by atoms with Gasteiger partial charge in [-0.3, -0.25) is 14.4 Å². The van der Waals surface area contributed by atoms with Gasteiger partial charge in [0.2, 0.25) is 11.8 Å². The minimum Gasteiger partial charge on any atom is -0.481 e. The Bertz CT molecular complexity index is 680. The Balaban J connectivity index is 2.75. The zero-order valence-corrected chi connectivity index (χ0v) is 16.0. The molecule has 162 valence electrons. The molecule has 0 saturated heterocycles. The highest BCUT2D eigenvalue weighted by Crippen LogP contribution is 2.05. The molecular formula is C17H28N6O6. The number of H-pyrrole nitrogens is 1. The maximum Gasteiger partial charge on any atom is 0.326 e. The van der Waals surface area contributed by atoms with Crippen LogP contribution in [0.15, 0.2) is 12.5 Å². The summed E-state index contributed by atoms with van der Waals surface area (Å²) in [5.74, 6) is -3.83. The standard InChI is InChI=1S/C17H28N6O6/c18-6-2-1-3-13(17(28)29)23-16(27)12(4-5-14(24)25)22-15(26)11(19)7-10-8-20-9-21-10/h8-9,11-13H,1-7,18-19H2,(H,20,21)(H,22,26)(H,23,27)(H,24,25)(H,28,29)/t11-,12-,13-/m0/s1. The largest absolute Gasteiger partial charge is 0.481 e. The Morgan fingerprint density at radius 3 is 2.31 bits per heavy atom. The van der Waals surface area contributed by atoms with Crippen molar-refractivity contribution in [1.29, 1.82) is 0 Å². The lowest BCUT2D eigenvalue weighted by Crippen LogP contribution is -2.54. The molecule has 0 unspecified atom stereocenters. The van der Waals surface area contributed by atoms with Gasteiger partial charge in [0.15, 0.2) is 0 Å². The van der Waals surface area contributed by atoms with E-state index in [0.29, 0.717) is 25.1 Å². The van der Waals surface area contributed by atoms with Gasteiger partial charge in [0.1, 0.15) is 12.1 Å². The van der Waals surface area contributed by atoms with Gasteiger partial charge in [-0.2, -0.15) is 0 Å². The van der Waals surface area contributed by atoms with Crippen molar-refractivity contribution in [3.63, 3.8) is 0 Å². The fourth-order valence-electron chi connectivity index (χ4n) is 2.56. The van der Waals surface area contributed by atoms with E-state index in [9.17, 15) is 24.3 Å². The summed E-state index contributed by atoms with van der Waals surface area (Å²) in [6.07, 6.45) is 3.72. The third-order valence-corrected chi connectivity index (χ3v) is 4.17. The number of carbonyl (C=O) groups is 4. The fourth-order valence-corrected chi connectivity index (χ4v) is 2.56. The van der Waals surface area contributed by atoms with Crippen LogP contribution in [-0.4, -0.2) is 68.6 Å². The Morgan fingerprint density at radius 1 is 1.07 bits per heavy atom. The molecule has 9 N–H and O–H groups in total. The maximum absolute atomic E-state index is 12.5.